The Labute approximate surface area is 181 Å². The molecule has 0 aliphatic carbocycles. The Bertz CT molecular complexity index is 511. The van der Waals surface area contributed by atoms with Crippen LogP contribution in [0.25, 0.3) is 0 Å². The van der Waals surface area contributed by atoms with Gasteiger partial charge in [-0.25, -0.2) is 4.79 Å². The number of hydrogen-bond acceptors (Lipinski definition) is 7. The summed E-state index contributed by atoms with van der Waals surface area (Å²) in [7, 11) is 0. The minimum Gasteiger partial charge on any atom is -0.549 e. The maximum absolute atomic E-state index is 12.1. The molecule has 2 amide bonds. The van der Waals surface area contributed by atoms with Crippen LogP contribution in [0.4, 0.5) is 4.79 Å². The summed E-state index contributed by atoms with van der Waals surface area (Å²) >= 11 is 1.20. The molecule has 0 aromatic heterocycles. The number of nitrogens with zero attached hydrogens (tertiary/aromatic N) is 1. The second-order valence-electron chi connectivity index (χ2n) is 6.52. The molecule has 2 rings (SSSR count). The topological polar surface area (TPSA) is 119 Å². The van der Waals surface area contributed by atoms with E-state index in [9.17, 15) is 24.6 Å². The van der Waals surface area contributed by atoms with Crippen LogP contribution in [0.2, 0.25) is 0 Å². The maximum Gasteiger partial charge on any atom is 1.00 e. The van der Waals surface area contributed by atoms with Gasteiger partial charge in [0.1, 0.15) is 17.0 Å². The second kappa shape index (κ2) is 7.59. The second-order valence-corrected chi connectivity index (χ2v) is 7.62. The van der Waals surface area contributed by atoms with Crippen LogP contribution in [0.3, 0.4) is 0 Å². The van der Waals surface area contributed by atoms with E-state index >= 15 is 0 Å². The number of aliphatic hydroxyl groups is 1. The molecule has 0 aromatic rings. The van der Waals surface area contributed by atoms with Crippen molar-refractivity contribution in [2.75, 3.05) is 18.9 Å². The number of hydrogen-bond donors (Lipinski definition) is 2. The van der Waals surface area contributed by atoms with Gasteiger partial charge in [0.2, 0.25) is 5.91 Å². The molecular weight excluding hydrogens is 351 g/mol. The van der Waals surface area contributed by atoms with E-state index in [0.29, 0.717) is 0 Å². The Morgan fingerprint density at radius 1 is 1.52 bits per heavy atom. The number of carboxylic acid groups (broad SMARTS) is 1. The largest absolute Gasteiger partial charge is 1.00 e. The molecule has 0 bridgehead atoms. The third-order valence-corrected chi connectivity index (χ3v) is 5.14. The Kier molecular flexibility index (Phi) is 6.99. The number of carbonyl (C=O) groups excluding carboxylic acids is 3. The average Bonchev–Trinajstić information content (AvgIpc) is 2.41. The number of ether oxygens (including phenoxy) is 1. The summed E-state index contributed by atoms with van der Waals surface area (Å²) in [5.74, 6) is -1.65. The predicted molar refractivity (Wildman–Crippen MR) is 75.6 cm³/mol. The zero-order valence-electron chi connectivity index (χ0n) is 13.6. The number of thioether (sulfide) groups is 1. The van der Waals surface area contributed by atoms with Crippen LogP contribution in [-0.2, 0) is 14.3 Å². The molecule has 2 aliphatic rings. The number of alkyl carbamates (subject to hydrolysis) is 1. The normalized spacial score (nSPS) is 29.7. The van der Waals surface area contributed by atoms with E-state index in [1.54, 1.807) is 20.8 Å². The molecule has 23 heavy (non-hydrogen) atoms. The zero-order valence-corrected chi connectivity index (χ0v) is 17.6. The number of aliphatic carboxylic acids is 1. The van der Waals surface area contributed by atoms with Crippen molar-refractivity contribution in [3.8, 4) is 0 Å². The third kappa shape index (κ3) is 4.41. The molecule has 2 aliphatic heterocycles. The molecule has 8 nitrogen and oxygen atoms in total. The van der Waals surface area contributed by atoms with Gasteiger partial charge in [-0.15, -0.1) is 11.8 Å². The van der Waals surface area contributed by atoms with Crippen molar-refractivity contribution < 1.29 is 80.7 Å². The van der Waals surface area contributed by atoms with Gasteiger partial charge < -0.3 is 30.0 Å². The van der Waals surface area contributed by atoms with Crippen molar-refractivity contribution in [3.63, 3.8) is 0 Å². The minimum absolute atomic E-state index is 0. The monoisotopic (exact) mass is 370 g/mol. The van der Waals surface area contributed by atoms with Gasteiger partial charge in [0.15, 0.2) is 0 Å². The number of β-lactam (4-membered cyclic amide) rings is 1. The van der Waals surface area contributed by atoms with Crippen LogP contribution in [0, 0.1) is 5.41 Å². The first-order valence-electron chi connectivity index (χ1n) is 6.83. The van der Waals surface area contributed by atoms with Crippen LogP contribution in [-0.4, -0.2) is 63.9 Å². The fourth-order valence-corrected chi connectivity index (χ4v) is 3.87. The summed E-state index contributed by atoms with van der Waals surface area (Å²) in [4.78, 5) is 36.3. The minimum atomic E-state index is -1.45. The predicted octanol–water partition coefficient (Wildman–Crippen LogP) is -4.47. The van der Waals surface area contributed by atoms with Gasteiger partial charge in [0, 0.05) is 12.3 Å². The van der Waals surface area contributed by atoms with Crippen molar-refractivity contribution in [1.29, 1.82) is 0 Å². The maximum atomic E-state index is 12.1. The molecule has 2 saturated heterocycles. The molecule has 2 N–H and O–H groups in total. The number of amides is 2. The zero-order chi connectivity index (χ0) is 16.7. The number of aliphatic hydroxyl groups excluding tert-OH is 1. The van der Waals surface area contributed by atoms with E-state index in [-0.39, 0.29) is 75.0 Å². The van der Waals surface area contributed by atoms with Gasteiger partial charge in [0.05, 0.1) is 18.0 Å². The van der Waals surface area contributed by atoms with E-state index in [1.807, 2.05) is 0 Å². The van der Waals surface area contributed by atoms with Crippen molar-refractivity contribution in [1.82, 2.24) is 10.2 Å². The Hall–Kier alpha value is 0.156. The number of carbonyl (C=O) groups is 3. The molecule has 124 valence electrons. The molecule has 0 spiro atoms. The van der Waals surface area contributed by atoms with Gasteiger partial charge in [-0.2, -0.15) is 0 Å². The van der Waals surface area contributed by atoms with Gasteiger partial charge in [-0.05, 0) is 20.8 Å². The van der Waals surface area contributed by atoms with Gasteiger partial charge in [-0.1, -0.05) is 0 Å². The number of carboxylic acids is 1. The first-order valence-corrected chi connectivity index (χ1v) is 7.88. The molecule has 10 heteroatoms. The summed E-state index contributed by atoms with van der Waals surface area (Å²) < 4.78 is 5.10. The van der Waals surface area contributed by atoms with Crippen LogP contribution in [0.15, 0.2) is 0 Å². The first kappa shape index (κ1) is 21.2. The van der Waals surface area contributed by atoms with Gasteiger partial charge in [0.25, 0.3) is 0 Å². The van der Waals surface area contributed by atoms with Crippen molar-refractivity contribution in [2.24, 2.45) is 5.41 Å². The summed E-state index contributed by atoms with van der Waals surface area (Å²) in [6, 6.07) is -0.738. The fraction of sp³-hybridized carbons (Fsp3) is 0.769. The molecule has 2 fully saturated rings. The Morgan fingerprint density at radius 2 is 2.13 bits per heavy atom. The molecule has 0 radical (unpaired) electrons. The van der Waals surface area contributed by atoms with E-state index in [0.717, 1.165) is 0 Å². The molecular formula is C13H19KN2O6S. The van der Waals surface area contributed by atoms with Crippen molar-refractivity contribution in [3.05, 3.63) is 0 Å². The quantitative estimate of drug-likeness (QED) is 0.380. The van der Waals surface area contributed by atoms with Gasteiger partial charge in [-0.3, -0.25) is 4.79 Å². The average molecular weight is 370 g/mol. The molecule has 2 heterocycles. The SMILES string of the molecule is CC(C)(C)OC(=O)NC1C(=O)N2CC(CO)(C(=O)[O-])CS[C@H]12.[K+]. The standard InChI is InChI=1S/C13H20N2O6S.K/c1-12(2,3)21-11(20)14-7-8(17)15-4-13(5-16,10(18)19)6-22-9(7)15;/h7,9,16H,4-6H2,1-3H3,(H,14,20)(H,18,19);/q;+1/p-1/t7?,9-,13?;/m1./s1. The van der Waals surface area contributed by atoms with Crippen LogP contribution in [0.1, 0.15) is 20.8 Å². The number of nitrogens with one attached hydrogen (secondary N) is 1. The van der Waals surface area contributed by atoms with E-state index in [4.69, 9.17) is 4.74 Å². The number of rotatable bonds is 3. The summed E-state index contributed by atoms with van der Waals surface area (Å²) in [6.45, 7) is 4.43. The van der Waals surface area contributed by atoms with Gasteiger partial charge >= 0.3 is 57.5 Å². The van der Waals surface area contributed by atoms with E-state index < -0.39 is 35.7 Å². The third-order valence-electron chi connectivity index (χ3n) is 3.55. The van der Waals surface area contributed by atoms with E-state index in [2.05, 4.69) is 5.32 Å². The van der Waals surface area contributed by atoms with Crippen LogP contribution in [0.5, 0.6) is 0 Å². The molecule has 2 unspecified atom stereocenters. The molecule has 0 saturated carbocycles. The summed E-state index contributed by atoms with van der Waals surface area (Å²) in [5.41, 5.74) is -2.12. The van der Waals surface area contributed by atoms with Crippen molar-refractivity contribution in [2.45, 2.75) is 37.8 Å². The number of fused-ring (bicyclic) bond motifs is 1. The molecule has 3 atom stereocenters. The summed E-state index contributed by atoms with van der Waals surface area (Å²) in [6.07, 6.45) is -0.690. The van der Waals surface area contributed by atoms with Crippen LogP contribution < -0.4 is 61.8 Å². The molecule has 0 aromatic carbocycles. The smallest absolute Gasteiger partial charge is 0.549 e. The van der Waals surface area contributed by atoms with Crippen molar-refractivity contribution >= 4 is 29.7 Å². The fourth-order valence-electron chi connectivity index (χ4n) is 2.35. The first-order chi connectivity index (χ1) is 10.1. The van der Waals surface area contributed by atoms with Crippen LogP contribution >= 0.6 is 11.8 Å². The Morgan fingerprint density at radius 3 is 2.61 bits per heavy atom. The Balaban J connectivity index is 0.00000264. The summed E-state index contributed by atoms with van der Waals surface area (Å²) in [5, 5.41) is 22.6. The van der Waals surface area contributed by atoms with E-state index in [1.165, 1.54) is 16.7 Å².